The SMILES string of the molecule is CCCNc1cc(C(=O)NC)c([N+](=O)[O-])cc1F. The molecule has 0 aliphatic heterocycles. The molecule has 1 amide bonds. The zero-order chi connectivity index (χ0) is 13.7. The number of benzene rings is 1. The number of nitro benzene ring substituents is 1. The molecule has 0 unspecified atom stereocenters. The van der Waals surface area contributed by atoms with E-state index in [4.69, 9.17) is 0 Å². The number of nitrogens with one attached hydrogen (secondary N) is 2. The fraction of sp³-hybridized carbons (Fsp3) is 0.364. The van der Waals surface area contributed by atoms with E-state index >= 15 is 0 Å². The zero-order valence-electron chi connectivity index (χ0n) is 10.1. The van der Waals surface area contributed by atoms with E-state index in [1.807, 2.05) is 6.92 Å². The van der Waals surface area contributed by atoms with Gasteiger partial charge in [0.25, 0.3) is 11.6 Å². The minimum absolute atomic E-state index is 0.0843. The first-order valence-corrected chi connectivity index (χ1v) is 5.45. The summed E-state index contributed by atoms with van der Waals surface area (Å²) in [6.07, 6.45) is 0.770. The van der Waals surface area contributed by atoms with Crippen LogP contribution in [0, 0.1) is 15.9 Å². The van der Waals surface area contributed by atoms with Gasteiger partial charge in [0.15, 0.2) is 5.82 Å². The summed E-state index contributed by atoms with van der Waals surface area (Å²) in [7, 11) is 1.36. The highest BCUT2D eigenvalue weighted by Gasteiger charge is 2.22. The van der Waals surface area contributed by atoms with Gasteiger partial charge in [0.2, 0.25) is 0 Å². The number of amides is 1. The molecule has 0 saturated heterocycles. The van der Waals surface area contributed by atoms with Crippen LogP contribution in [0.1, 0.15) is 23.7 Å². The summed E-state index contributed by atoms with van der Waals surface area (Å²) in [5.41, 5.74) is -0.627. The lowest BCUT2D eigenvalue weighted by molar-refractivity contribution is -0.385. The highest BCUT2D eigenvalue weighted by Crippen LogP contribution is 2.26. The largest absolute Gasteiger partial charge is 0.383 e. The predicted molar refractivity (Wildman–Crippen MR) is 65.2 cm³/mol. The number of carbonyl (C=O) groups is 1. The van der Waals surface area contributed by atoms with Gasteiger partial charge in [-0.25, -0.2) is 4.39 Å². The Morgan fingerprint density at radius 1 is 1.50 bits per heavy atom. The minimum atomic E-state index is -0.781. The van der Waals surface area contributed by atoms with E-state index in [9.17, 15) is 19.3 Å². The standard InChI is InChI=1S/C11H14FN3O3/c1-3-4-14-9-5-7(11(16)13-2)10(15(17)18)6-8(9)12/h5-6,14H,3-4H2,1-2H3,(H,13,16). The van der Waals surface area contributed by atoms with E-state index in [2.05, 4.69) is 10.6 Å². The summed E-state index contributed by atoms with van der Waals surface area (Å²) < 4.78 is 13.6. The maximum Gasteiger partial charge on any atom is 0.285 e. The maximum absolute atomic E-state index is 13.6. The first-order valence-electron chi connectivity index (χ1n) is 5.45. The van der Waals surface area contributed by atoms with Gasteiger partial charge in [0, 0.05) is 13.6 Å². The van der Waals surface area contributed by atoms with Crippen LogP contribution in [0.25, 0.3) is 0 Å². The zero-order valence-corrected chi connectivity index (χ0v) is 10.1. The summed E-state index contributed by atoms with van der Waals surface area (Å²) in [5, 5.41) is 15.8. The Morgan fingerprint density at radius 3 is 2.67 bits per heavy atom. The third-order valence-electron chi connectivity index (χ3n) is 2.32. The van der Waals surface area contributed by atoms with E-state index in [1.54, 1.807) is 0 Å². The highest BCUT2D eigenvalue weighted by molar-refractivity contribution is 5.99. The summed E-state index contributed by atoms with van der Waals surface area (Å²) in [5.74, 6) is -1.37. The molecule has 0 fully saturated rings. The Hall–Kier alpha value is -2.18. The summed E-state index contributed by atoms with van der Waals surface area (Å²) in [6, 6.07) is 1.91. The van der Waals surface area contributed by atoms with Crippen molar-refractivity contribution in [2.75, 3.05) is 18.9 Å². The molecule has 18 heavy (non-hydrogen) atoms. The van der Waals surface area contributed by atoms with Crippen molar-refractivity contribution in [3.63, 3.8) is 0 Å². The van der Waals surface area contributed by atoms with Gasteiger partial charge in [-0.3, -0.25) is 14.9 Å². The third-order valence-corrected chi connectivity index (χ3v) is 2.32. The van der Waals surface area contributed by atoms with Crippen LogP contribution in [-0.2, 0) is 0 Å². The molecule has 0 aliphatic carbocycles. The molecule has 0 aliphatic rings. The topological polar surface area (TPSA) is 84.3 Å². The lowest BCUT2D eigenvalue weighted by atomic mass is 10.1. The van der Waals surface area contributed by atoms with Crippen LogP contribution in [0.15, 0.2) is 12.1 Å². The van der Waals surface area contributed by atoms with Gasteiger partial charge >= 0.3 is 0 Å². The first-order chi connectivity index (χ1) is 8.51. The Balaban J connectivity index is 3.26. The Kier molecular flexibility index (Phi) is 4.59. The smallest absolute Gasteiger partial charge is 0.285 e. The normalized spacial score (nSPS) is 9.94. The van der Waals surface area contributed by atoms with Crippen molar-refractivity contribution in [3.8, 4) is 0 Å². The highest BCUT2D eigenvalue weighted by atomic mass is 19.1. The number of anilines is 1. The number of hydrogen-bond acceptors (Lipinski definition) is 4. The number of hydrogen-bond donors (Lipinski definition) is 2. The third kappa shape index (κ3) is 2.93. The van der Waals surface area contributed by atoms with Gasteiger partial charge in [-0.15, -0.1) is 0 Å². The Morgan fingerprint density at radius 2 is 2.17 bits per heavy atom. The van der Waals surface area contributed by atoms with E-state index in [1.165, 1.54) is 7.05 Å². The molecule has 7 heteroatoms. The number of rotatable bonds is 5. The van der Waals surface area contributed by atoms with Crippen LogP contribution in [0.2, 0.25) is 0 Å². The molecule has 1 rings (SSSR count). The average molecular weight is 255 g/mol. The van der Waals surface area contributed by atoms with E-state index in [0.717, 1.165) is 18.6 Å². The van der Waals surface area contributed by atoms with Gasteiger partial charge in [-0.05, 0) is 12.5 Å². The van der Waals surface area contributed by atoms with Crippen molar-refractivity contribution in [1.29, 1.82) is 0 Å². The quantitative estimate of drug-likeness (QED) is 0.621. The molecule has 98 valence electrons. The van der Waals surface area contributed by atoms with Crippen LogP contribution in [-0.4, -0.2) is 24.4 Å². The average Bonchev–Trinajstić information content (AvgIpc) is 2.35. The second-order valence-corrected chi connectivity index (χ2v) is 3.61. The van der Waals surface area contributed by atoms with Crippen LogP contribution in [0.4, 0.5) is 15.8 Å². The van der Waals surface area contributed by atoms with Crippen molar-refractivity contribution in [3.05, 3.63) is 33.6 Å². The second-order valence-electron chi connectivity index (χ2n) is 3.61. The molecule has 0 bridgehead atoms. The second kappa shape index (κ2) is 5.95. The van der Waals surface area contributed by atoms with Crippen molar-refractivity contribution >= 4 is 17.3 Å². The molecule has 0 heterocycles. The van der Waals surface area contributed by atoms with Crippen molar-refractivity contribution in [2.24, 2.45) is 0 Å². The van der Waals surface area contributed by atoms with Crippen LogP contribution in [0.5, 0.6) is 0 Å². The fourth-order valence-corrected chi connectivity index (χ4v) is 1.43. The molecule has 1 aromatic carbocycles. The summed E-state index contributed by atoms with van der Waals surface area (Å²) in [4.78, 5) is 21.5. The molecule has 0 atom stereocenters. The van der Waals surface area contributed by atoms with Crippen molar-refractivity contribution in [1.82, 2.24) is 5.32 Å². The lowest BCUT2D eigenvalue weighted by Gasteiger charge is -2.09. The molecule has 6 nitrogen and oxygen atoms in total. The van der Waals surface area contributed by atoms with E-state index < -0.39 is 22.3 Å². The Bertz CT molecular complexity index is 477. The molecule has 0 radical (unpaired) electrons. The number of nitro groups is 1. The summed E-state index contributed by atoms with van der Waals surface area (Å²) in [6.45, 7) is 2.41. The molecule has 2 N–H and O–H groups in total. The van der Waals surface area contributed by atoms with Gasteiger partial charge in [0.05, 0.1) is 16.7 Å². The van der Waals surface area contributed by atoms with Gasteiger partial charge < -0.3 is 10.6 Å². The fourth-order valence-electron chi connectivity index (χ4n) is 1.43. The lowest BCUT2D eigenvalue weighted by Crippen LogP contribution is -2.20. The number of carbonyl (C=O) groups excluding carboxylic acids is 1. The van der Waals surface area contributed by atoms with Gasteiger partial charge in [0.1, 0.15) is 5.56 Å². The summed E-state index contributed by atoms with van der Waals surface area (Å²) >= 11 is 0. The molecule has 1 aromatic rings. The van der Waals surface area contributed by atoms with Crippen molar-refractivity contribution < 1.29 is 14.1 Å². The first kappa shape index (κ1) is 13.9. The monoisotopic (exact) mass is 255 g/mol. The van der Waals surface area contributed by atoms with Gasteiger partial charge in [-0.2, -0.15) is 0 Å². The maximum atomic E-state index is 13.6. The van der Waals surface area contributed by atoms with Crippen LogP contribution < -0.4 is 10.6 Å². The molecule has 0 saturated carbocycles. The molecular formula is C11H14FN3O3. The Labute approximate surface area is 103 Å². The van der Waals surface area contributed by atoms with Crippen molar-refractivity contribution in [2.45, 2.75) is 13.3 Å². The molecule has 0 aromatic heterocycles. The van der Waals surface area contributed by atoms with Crippen LogP contribution in [0.3, 0.4) is 0 Å². The van der Waals surface area contributed by atoms with E-state index in [-0.39, 0.29) is 11.3 Å². The van der Waals surface area contributed by atoms with Gasteiger partial charge in [-0.1, -0.05) is 6.92 Å². The van der Waals surface area contributed by atoms with E-state index in [0.29, 0.717) is 6.54 Å². The predicted octanol–water partition coefficient (Wildman–Crippen LogP) is 1.92. The minimum Gasteiger partial charge on any atom is -0.383 e. The molecular weight excluding hydrogens is 241 g/mol. The number of halogens is 1. The van der Waals surface area contributed by atoms with Crippen LogP contribution >= 0.6 is 0 Å². The number of nitrogens with zero attached hydrogens (tertiary/aromatic N) is 1. The molecule has 0 spiro atoms.